The summed E-state index contributed by atoms with van der Waals surface area (Å²) in [4.78, 5) is 12.4. The molecule has 0 saturated carbocycles. The first-order valence-electron chi connectivity index (χ1n) is 23.2. The molecule has 0 aromatic rings. The molecule has 0 aromatic carbocycles. The number of hydrogen-bond donors (Lipinski definition) is 3. The fourth-order valence-corrected chi connectivity index (χ4v) is 6.57. The monoisotopic (exact) mass is 752 g/mol. The average molecular weight is 752 g/mol. The molecule has 0 aliphatic heterocycles. The van der Waals surface area contributed by atoms with E-state index in [4.69, 9.17) is 0 Å². The quantitative estimate of drug-likeness (QED) is 0.0430. The van der Waals surface area contributed by atoms with E-state index in [2.05, 4.69) is 79.9 Å². The molecule has 3 N–H and O–H groups in total. The van der Waals surface area contributed by atoms with E-state index in [-0.39, 0.29) is 12.5 Å². The topological polar surface area (TPSA) is 69.6 Å². The maximum Gasteiger partial charge on any atom is 0.220 e. The molecule has 0 aliphatic carbocycles. The van der Waals surface area contributed by atoms with Crippen LogP contribution in [0.2, 0.25) is 0 Å². The fraction of sp³-hybridized carbons (Fsp3) is 0.740. The van der Waals surface area contributed by atoms with Crippen molar-refractivity contribution in [3.8, 4) is 0 Å². The van der Waals surface area contributed by atoms with Crippen molar-refractivity contribution in [2.45, 2.75) is 231 Å². The SMILES string of the molecule is CCCCC/C=C/CC/C=C/CC/C=C/C(O)C(CO)NC(=O)CCCCCCCCCCCCCCCC/C=C\C/C=C\C/C=C\CCCCCCC. The van der Waals surface area contributed by atoms with Crippen molar-refractivity contribution in [3.05, 3.63) is 72.9 Å². The summed E-state index contributed by atoms with van der Waals surface area (Å²) in [7, 11) is 0. The highest BCUT2D eigenvalue weighted by Crippen LogP contribution is 2.14. The van der Waals surface area contributed by atoms with Crippen LogP contribution in [0.25, 0.3) is 0 Å². The van der Waals surface area contributed by atoms with E-state index in [1.807, 2.05) is 6.08 Å². The Kier molecular flexibility index (Phi) is 43.4. The second-order valence-corrected chi connectivity index (χ2v) is 15.4. The highest BCUT2D eigenvalue weighted by molar-refractivity contribution is 5.76. The molecule has 54 heavy (non-hydrogen) atoms. The molecular formula is C50H89NO3. The number of carbonyl (C=O) groups excluding carboxylic acids is 1. The Labute approximate surface area is 336 Å². The highest BCUT2D eigenvalue weighted by Gasteiger charge is 2.17. The number of allylic oxidation sites excluding steroid dienone is 11. The summed E-state index contributed by atoms with van der Waals surface area (Å²) in [6.07, 6.45) is 64.5. The van der Waals surface area contributed by atoms with Crippen molar-refractivity contribution < 1.29 is 15.0 Å². The molecule has 0 spiro atoms. The lowest BCUT2D eigenvalue weighted by molar-refractivity contribution is -0.123. The first-order chi connectivity index (χ1) is 26.7. The molecule has 0 saturated heterocycles. The third-order valence-electron chi connectivity index (χ3n) is 10.1. The van der Waals surface area contributed by atoms with Gasteiger partial charge in [0.05, 0.1) is 18.8 Å². The van der Waals surface area contributed by atoms with Crippen molar-refractivity contribution in [3.63, 3.8) is 0 Å². The number of nitrogens with one attached hydrogen (secondary N) is 1. The normalized spacial score (nSPS) is 13.6. The molecule has 1 amide bonds. The molecule has 0 rings (SSSR count). The van der Waals surface area contributed by atoms with Crippen LogP contribution in [0, 0.1) is 0 Å². The van der Waals surface area contributed by atoms with Gasteiger partial charge in [-0.2, -0.15) is 0 Å². The van der Waals surface area contributed by atoms with Crippen LogP contribution in [0.15, 0.2) is 72.9 Å². The van der Waals surface area contributed by atoms with E-state index in [0.717, 1.165) is 51.4 Å². The third-order valence-corrected chi connectivity index (χ3v) is 10.1. The van der Waals surface area contributed by atoms with E-state index < -0.39 is 12.1 Å². The average Bonchev–Trinajstić information content (AvgIpc) is 3.18. The minimum absolute atomic E-state index is 0.0819. The van der Waals surface area contributed by atoms with Gasteiger partial charge < -0.3 is 15.5 Å². The number of hydrogen-bond acceptors (Lipinski definition) is 3. The van der Waals surface area contributed by atoms with Crippen molar-refractivity contribution >= 4 is 5.91 Å². The Morgan fingerprint density at radius 1 is 0.444 bits per heavy atom. The molecule has 0 aliphatic rings. The molecule has 0 heterocycles. The van der Waals surface area contributed by atoms with Crippen molar-refractivity contribution in [2.75, 3.05) is 6.61 Å². The van der Waals surface area contributed by atoms with Gasteiger partial charge in [-0.05, 0) is 83.5 Å². The Morgan fingerprint density at radius 3 is 1.24 bits per heavy atom. The minimum Gasteiger partial charge on any atom is -0.394 e. The zero-order valence-corrected chi connectivity index (χ0v) is 35.7. The van der Waals surface area contributed by atoms with Gasteiger partial charge in [0.1, 0.15) is 0 Å². The standard InChI is InChI=1S/C50H89NO3/c1-3-5-7-9-11-13-15-17-18-19-20-21-22-23-24-25-26-27-28-29-30-31-32-34-36-38-40-42-44-46-50(54)51-48(47-52)49(53)45-43-41-39-37-35-33-16-14-12-10-8-6-4-2/h12,14-15,17,19-20,22-23,35,37,43,45,48-49,52-53H,3-11,13,16,18,21,24-34,36,38-42,44,46-47H2,1-2H3,(H,51,54)/b14-12+,17-15-,20-19-,23-22-,37-35+,45-43+. The van der Waals surface area contributed by atoms with Crippen LogP contribution >= 0.6 is 0 Å². The third kappa shape index (κ3) is 41.0. The van der Waals surface area contributed by atoms with E-state index in [1.165, 1.54) is 148 Å². The molecule has 0 fully saturated rings. The van der Waals surface area contributed by atoms with E-state index in [0.29, 0.717) is 6.42 Å². The first kappa shape index (κ1) is 51.8. The second kappa shape index (κ2) is 45.2. The first-order valence-corrected chi connectivity index (χ1v) is 23.2. The number of aliphatic hydroxyl groups excluding tert-OH is 2. The summed E-state index contributed by atoms with van der Waals surface area (Å²) < 4.78 is 0. The van der Waals surface area contributed by atoms with E-state index >= 15 is 0 Å². The van der Waals surface area contributed by atoms with Crippen LogP contribution in [0.4, 0.5) is 0 Å². The van der Waals surface area contributed by atoms with Crippen LogP contribution < -0.4 is 5.32 Å². The van der Waals surface area contributed by atoms with Gasteiger partial charge in [-0.3, -0.25) is 4.79 Å². The summed E-state index contributed by atoms with van der Waals surface area (Å²) in [6, 6.07) is -0.647. The van der Waals surface area contributed by atoms with E-state index in [9.17, 15) is 15.0 Å². The number of unbranched alkanes of at least 4 members (excludes halogenated alkanes) is 24. The maximum absolute atomic E-state index is 12.4. The van der Waals surface area contributed by atoms with Gasteiger partial charge in [-0.25, -0.2) is 0 Å². The zero-order valence-electron chi connectivity index (χ0n) is 35.7. The van der Waals surface area contributed by atoms with E-state index in [1.54, 1.807) is 6.08 Å². The molecule has 312 valence electrons. The van der Waals surface area contributed by atoms with Crippen LogP contribution in [-0.4, -0.2) is 34.9 Å². The molecule has 4 nitrogen and oxygen atoms in total. The van der Waals surface area contributed by atoms with Crippen molar-refractivity contribution in [2.24, 2.45) is 0 Å². The summed E-state index contributed by atoms with van der Waals surface area (Å²) in [6.45, 7) is 4.24. The fourth-order valence-electron chi connectivity index (χ4n) is 6.57. The van der Waals surface area contributed by atoms with Crippen LogP contribution in [0.3, 0.4) is 0 Å². The largest absolute Gasteiger partial charge is 0.394 e. The summed E-state index contributed by atoms with van der Waals surface area (Å²) in [5.41, 5.74) is 0. The molecule has 0 bridgehead atoms. The predicted molar refractivity (Wildman–Crippen MR) is 239 cm³/mol. The smallest absolute Gasteiger partial charge is 0.220 e. The van der Waals surface area contributed by atoms with Crippen molar-refractivity contribution in [1.29, 1.82) is 0 Å². The Hall–Kier alpha value is -2.17. The van der Waals surface area contributed by atoms with Gasteiger partial charge in [0.2, 0.25) is 5.91 Å². The lowest BCUT2D eigenvalue weighted by Gasteiger charge is -2.19. The number of aliphatic hydroxyl groups is 2. The molecule has 0 radical (unpaired) electrons. The van der Waals surface area contributed by atoms with Gasteiger partial charge in [0.25, 0.3) is 0 Å². The van der Waals surface area contributed by atoms with Gasteiger partial charge in [-0.1, -0.05) is 202 Å². The molecule has 2 unspecified atom stereocenters. The lowest BCUT2D eigenvalue weighted by Crippen LogP contribution is -2.45. The number of rotatable bonds is 41. The van der Waals surface area contributed by atoms with Crippen LogP contribution in [0.1, 0.15) is 219 Å². The summed E-state index contributed by atoms with van der Waals surface area (Å²) >= 11 is 0. The van der Waals surface area contributed by atoms with Crippen LogP contribution in [0.5, 0.6) is 0 Å². The highest BCUT2D eigenvalue weighted by atomic mass is 16.3. The zero-order chi connectivity index (χ0) is 39.3. The van der Waals surface area contributed by atoms with Gasteiger partial charge in [-0.15, -0.1) is 0 Å². The maximum atomic E-state index is 12.4. The summed E-state index contributed by atoms with van der Waals surface area (Å²) in [5, 5.41) is 22.9. The van der Waals surface area contributed by atoms with Crippen LogP contribution in [-0.2, 0) is 4.79 Å². The Balaban J connectivity index is 3.56. The minimum atomic E-state index is -0.872. The molecule has 0 aromatic heterocycles. The van der Waals surface area contributed by atoms with Crippen molar-refractivity contribution in [1.82, 2.24) is 5.32 Å². The Bertz CT molecular complexity index is 946. The second-order valence-electron chi connectivity index (χ2n) is 15.4. The molecule has 2 atom stereocenters. The van der Waals surface area contributed by atoms with Gasteiger partial charge >= 0.3 is 0 Å². The Morgan fingerprint density at radius 2 is 0.778 bits per heavy atom. The molecule has 4 heteroatoms. The van der Waals surface area contributed by atoms with Gasteiger partial charge in [0, 0.05) is 6.42 Å². The predicted octanol–water partition coefficient (Wildman–Crippen LogP) is 14.7. The number of amides is 1. The molecular weight excluding hydrogens is 663 g/mol. The summed E-state index contributed by atoms with van der Waals surface area (Å²) in [5.74, 6) is -0.0819. The van der Waals surface area contributed by atoms with Gasteiger partial charge in [0.15, 0.2) is 0 Å². The number of carbonyl (C=O) groups is 1. The lowest BCUT2D eigenvalue weighted by atomic mass is 10.0.